The number of halogens is 2. The highest BCUT2D eigenvalue weighted by Crippen LogP contribution is 2.39. The fourth-order valence-corrected chi connectivity index (χ4v) is 4.11. The molecule has 0 amide bonds. The number of aromatic nitrogens is 4. The Balaban J connectivity index is 1.46. The fourth-order valence-electron chi connectivity index (χ4n) is 4.11. The van der Waals surface area contributed by atoms with Gasteiger partial charge in [-0.2, -0.15) is 0 Å². The van der Waals surface area contributed by atoms with Gasteiger partial charge in [-0.15, -0.1) is 0 Å². The van der Waals surface area contributed by atoms with Crippen LogP contribution in [0.3, 0.4) is 0 Å². The maximum absolute atomic E-state index is 14.9. The first-order valence-electron chi connectivity index (χ1n) is 11.4. The van der Waals surface area contributed by atoms with Gasteiger partial charge in [-0.05, 0) is 44.2 Å². The number of rotatable bonds is 7. The van der Waals surface area contributed by atoms with Crippen LogP contribution in [0.15, 0.2) is 36.5 Å². The highest BCUT2D eigenvalue weighted by molar-refractivity contribution is 5.82. The molecule has 182 valence electrons. The summed E-state index contributed by atoms with van der Waals surface area (Å²) in [5.74, 6) is -0.541. The molecule has 0 unspecified atom stereocenters. The molecule has 9 nitrogen and oxygen atoms in total. The van der Waals surface area contributed by atoms with E-state index in [1.807, 2.05) is 36.9 Å². The summed E-state index contributed by atoms with van der Waals surface area (Å²) in [7, 11) is 0. The van der Waals surface area contributed by atoms with Gasteiger partial charge in [-0.1, -0.05) is 0 Å². The van der Waals surface area contributed by atoms with Gasteiger partial charge >= 0.3 is 0 Å². The summed E-state index contributed by atoms with van der Waals surface area (Å²) in [6.07, 6.45) is 1.05. The summed E-state index contributed by atoms with van der Waals surface area (Å²) in [5.41, 5.74) is 8.82. The van der Waals surface area contributed by atoms with Crippen LogP contribution in [0, 0.1) is 11.6 Å². The van der Waals surface area contributed by atoms with Crippen LogP contribution < -0.4 is 26.0 Å². The van der Waals surface area contributed by atoms with Crippen LogP contribution in [0.1, 0.15) is 13.8 Å². The summed E-state index contributed by atoms with van der Waals surface area (Å²) in [5, 5.41) is 6.18. The number of imidazole rings is 1. The largest absolute Gasteiger partial charge is 0.486 e. The average Bonchev–Trinajstić information content (AvgIpc) is 3.25. The van der Waals surface area contributed by atoms with Crippen LogP contribution >= 0.6 is 0 Å². The highest BCUT2D eigenvalue weighted by Gasteiger charge is 2.25. The molecule has 1 aliphatic rings. The van der Waals surface area contributed by atoms with Crippen LogP contribution in [-0.2, 0) is 0 Å². The Morgan fingerprint density at radius 2 is 2.03 bits per heavy atom. The van der Waals surface area contributed by atoms with Gasteiger partial charge in [-0.25, -0.2) is 23.7 Å². The SMILES string of the molecule is CC(C)N1CCOc2c(F)cc(-c3nc(Nc4nc5ccc(NCCN)cc5[nH]4)ncc3F)cc21. The number of fused-ring (bicyclic) bond motifs is 2. The van der Waals surface area contributed by atoms with Crippen molar-refractivity contribution in [1.29, 1.82) is 0 Å². The van der Waals surface area contributed by atoms with E-state index in [9.17, 15) is 8.78 Å². The molecule has 3 heterocycles. The molecule has 11 heteroatoms. The number of nitrogens with zero attached hydrogens (tertiary/aromatic N) is 4. The van der Waals surface area contributed by atoms with Gasteiger partial charge in [0.25, 0.3) is 0 Å². The highest BCUT2D eigenvalue weighted by atomic mass is 19.1. The molecular weight excluding hydrogens is 454 g/mol. The summed E-state index contributed by atoms with van der Waals surface area (Å²) < 4.78 is 35.2. The summed E-state index contributed by atoms with van der Waals surface area (Å²) in [6, 6.07) is 8.74. The van der Waals surface area contributed by atoms with Crippen molar-refractivity contribution in [2.24, 2.45) is 5.73 Å². The fraction of sp³-hybridized carbons (Fsp3) is 0.292. The number of benzene rings is 2. The lowest BCUT2D eigenvalue weighted by Gasteiger charge is -2.34. The van der Waals surface area contributed by atoms with Crippen LogP contribution in [0.2, 0.25) is 0 Å². The first-order valence-corrected chi connectivity index (χ1v) is 11.4. The van der Waals surface area contributed by atoms with Crippen molar-refractivity contribution in [3.05, 3.63) is 48.2 Å². The molecule has 2 aromatic heterocycles. The third kappa shape index (κ3) is 4.54. The molecule has 0 aliphatic carbocycles. The molecule has 0 radical (unpaired) electrons. The minimum atomic E-state index is -0.664. The Morgan fingerprint density at radius 1 is 1.17 bits per heavy atom. The van der Waals surface area contributed by atoms with Crippen molar-refractivity contribution in [3.8, 4) is 17.0 Å². The first kappa shape index (κ1) is 22.8. The predicted molar refractivity (Wildman–Crippen MR) is 132 cm³/mol. The number of nitrogens with two attached hydrogens (primary N) is 1. The molecular formula is C24H26F2N8O. The lowest BCUT2D eigenvalue weighted by Crippen LogP contribution is -2.38. The normalized spacial score (nSPS) is 13.1. The molecule has 0 spiro atoms. The minimum Gasteiger partial charge on any atom is -0.486 e. The van der Waals surface area contributed by atoms with Gasteiger partial charge in [0.05, 0.1) is 29.5 Å². The van der Waals surface area contributed by atoms with E-state index in [1.54, 1.807) is 6.07 Å². The van der Waals surface area contributed by atoms with Crippen molar-refractivity contribution in [3.63, 3.8) is 0 Å². The van der Waals surface area contributed by atoms with E-state index in [-0.39, 0.29) is 23.4 Å². The number of hydrogen-bond acceptors (Lipinski definition) is 8. The standard InChI is InChI=1S/C24H26F2N8O/c1-13(2)34-7-8-35-22-16(25)9-14(10-20(22)34)21-17(26)12-29-23(32-21)33-24-30-18-4-3-15(28-6-5-27)11-19(18)31-24/h3-4,9-13,28H,5-8,27H2,1-2H3,(H2,29,30,31,32,33). The number of hydrogen-bond donors (Lipinski definition) is 4. The van der Waals surface area contributed by atoms with Crippen molar-refractivity contribution < 1.29 is 13.5 Å². The van der Waals surface area contributed by atoms with E-state index in [0.717, 1.165) is 22.9 Å². The number of anilines is 4. The molecule has 0 bridgehead atoms. The molecule has 0 atom stereocenters. The minimum absolute atomic E-state index is 0.0251. The molecule has 5 rings (SSSR count). The third-order valence-corrected chi connectivity index (χ3v) is 5.74. The topological polar surface area (TPSA) is 117 Å². The quantitative estimate of drug-likeness (QED) is 0.313. The van der Waals surface area contributed by atoms with Crippen molar-refractivity contribution in [2.45, 2.75) is 19.9 Å². The van der Waals surface area contributed by atoms with Crippen molar-refractivity contribution in [1.82, 2.24) is 19.9 Å². The number of nitrogens with one attached hydrogen (secondary N) is 3. The van der Waals surface area contributed by atoms with Crippen LogP contribution in [0.5, 0.6) is 5.75 Å². The summed E-state index contributed by atoms with van der Waals surface area (Å²) in [6.45, 7) is 6.20. The monoisotopic (exact) mass is 480 g/mol. The number of aromatic amines is 1. The van der Waals surface area contributed by atoms with Crippen LogP contribution in [0.4, 0.5) is 32.1 Å². The van der Waals surface area contributed by atoms with E-state index in [2.05, 4.69) is 30.6 Å². The van der Waals surface area contributed by atoms with Crippen LogP contribution in [-0.4, -0.2) is 52.2 Å². The Bertz CT molecular complexity index is 1370. The predicted octanol–water partition coefficient (Wildman–Crippen LogP) is 4.02. The smallest absolute Gasteiger partial charge is 0.230 e. The maximum atomic E-state index is 14.9. The van der Waals surface area contributed by atoms with E-state index >= 15 is 0 Å². The van der Waals surface area contributed by atoms with Gasteiger partial charge < -0.3 is 25.7 Å². The zero-order valence-electron chi connectivity index (χ0n) is 19.4. The van der Waals surface area contributed by atoms with Gasteiger partial charge in [0, 0.05) is 30.4 Å². The van der Waals surface area contributed by atoms with Gasteiger partial charge in [0.2, 0.25) is 11.9 Å². The zero-order chi connectivity index (χ0) is 24.5. The second-order valence-corrected chi connectivity index (χ2v) is 8.49. The third-order valence-electron chi connectivity index (χ3n) is 5.74. The summed E-state index contributed by atoms with van der Waals surface area (Å²) >= 11 is 0. The molecule has 0 saturated carbocycles. The molecule has 35 heavy (non-hydrogen) atoms. The summed E-state index contributed by atoms with van der Waals surface area (Å²) in [4.78, 5) is 18.0. The molecule has 5 N–H and O–H groups in total. The molecule has 2 aromatic carbocycles. The number of H-pyrrole nitrogens is 1. The van der Waals surface area contributed by atoms with E-state index in [0.29, 0.717) is 43.4 Å². The van der Waals surface area contributed by atoms with Crippen molar-refractivity contribution >= 4 is 34.3 Å². The van der Waals surface area contributed by atoms with E-state index in [4.69, 9.17) is 10.5 Å². The van der Waals surface area contributed by atoms with Crippen molar-refractivity contribution in [2.75, 3.05) is 41.8 Å². The van der Waals surface area contributed by atoms with E-state index < -0.39 is 11.6 Å². The maximum Gasteiger partial charge on any atom is 0.230 e. The Labute approximate surface area is 200 Å². The van der Waals surface area contributed by atoms with Gasteiger partial charge in [-0.3, -0.25) is 5.32 Å². The lowest BCUT2D eigenvalue weighted by molar-refractivity contribution is 0.287. The zero-order valence-corrected chi connectivity index (χ0v) is 19.4. The second-order valence-electron chi connectivity index (χ2n) is 8.49. The first-order chi connectivity index (χ1) is 16.9. The van der Waals surface area contributed by atoms with Crippen LogP contribution in [0.25, 0.3) is 22.3 Å². The second kappa shape index (κ2) is 9.34. The average molecular weight is 481 g/mol. The lowest BCUT2D eigenvalue weighted by atomic mass is 10.1. The van der Waals surface area contributed by atoms with Gasteiger partial charge in [0.15, 0.2) is 17.4 Å². The Hall–Kier alpha value is -3.99. The molecule has 0 fully saturated rings. The molecule has 1 aliphatic heterocycles. The number of ether oxygens (including phenoxy) is 1. The Kier molecular flexibility index (Phi) is 6.08. The Morgan fingerprint density at radius 3 is 2.83 bits per heavy atom. The molecule has 0 saturated heterocycles. The molecule has 4 aromatic rings. The van der Waals surface area contributed by atoms with Gasteiger partial charge in [0.1, 0.15) is 12.3 Å². The van der Waals surface area contributed by atoms with E-state index in [1.165, 1.54) is 6.07 Å².